The number of halogens is 2. The smallest absolute Gasteiger partial charge is 0.319 e. The minimum Gasteiger partial charge on any atom is -0.491 e. The maximum atomic E-state index is 13.7. The van der Waals surface area contributed by atoms with E-state index < -0.39 is 23.8 Å². The number of urea groups is 1. The number of aliphatic hydroxyl groups is 1. The van der Waals surface area contributed by atoms with E-state index in [-0.39, 0.29) is 23.5 Å². The molecule has 0 saturated heterocycles. The summed E-state index contributed by atoms with van der Waals surface area (Å²) in [6, 6.07) is 9.12. The van der Waals surface area contributed by atoms with Crippen LogP contribution in [0.4, 0.5) is 19.3 Å². The first-order valence-electron chi connectivity index (χ1n) is 7.41. The van der Waals surface area contributed by atoms with Crippen LogP contribution in [0.25, 0.3) is 0 Å². The van der Waals surface area contributed by atoms with Gasteiger partial charge in [-0.2, -0.15) is 0 Å². The van der Waals surface area contributed by atoms with Gasteiger partial charge in [0.15, 0.2) is 11.6 Å². The van der Waals surface area contributed by atoms with Crippen LogP contribution in [0.15, 0.2) is 42.5 Å². The summed E-state index contributed by atoms with van der Waals surface area (Å²) in [5.41, 5.74) is 0.318. The largest absolute Gasteiger partial charge is 0.491 e. The van der Waals surface area contributed by atoms with E-state index in [0.717, 1.165) is 6.07 Å². The molecule has 128 valence electrons. The van der Waals surface area contributed by atoms with Crippen LogP contribution in [-0.4, -0.2) is 24.3 Å². The molecule has 2 amide bonds. The number of benzene rings is 2. The van der Waals surface area contributed by atoms with Gasteiger partial charge >= 0.3 is 6.03 Å². The summed E-state index contributed by atoms with van der Waals surface area (Å²) in [6.45, 7) is 1.88. The van der Waals surface area contributed by atoms with E-state index in [1.165, 1.54) is 30.3 Å². The second-order valence-corrected chi connectivity index (χ2v) is 4.95. The molecule has 0 fully saturated rings. The van der Waals surface area contributed by atoms with E-state index in [2.05, 4.69) is 10.6 Å². The van der Waals surface area contributed by atoms with Crippen LogP contribution < -0.4 is 15.4 Å². The number of hydrogen-bond donors (Lipinski definition) is 3. The minimum absolute atomic E-state index is 0.0879. The Kier molecular flexibility index (Phi) is 6.08. The van der Waals surface area contributed by atoms with Crippen molar-refractivity contribution in [3.05, 3.63) is 59.7 Å². The maximum absolute atomic E-state index is 13.7. The van der Waals surface area contributed by atoms with Gasteiger partial charge in [-0.3, -0.25) is 0 Å². The molecule has 3 N–H and O–H groups in total. The molecule has 1 atom stereocenters. The Morgan fingerprint density at radius 3 is 2.62 bits per heavy atom. The van der Waals surface area contributed by atoms with Crippen LogP contribution >= 0.6 is 0 Å². The van der Waals surface area contributed by atoms with Crippen molar-refractivity contribution in [1.82, 2.24) is 5.32 Å². The number of rotatable bonds is 6. The lowest BCUT2D eigenvalue weighted by Crippen LogP contribution is -2.32. The first kappa shape index (κ1) is 17.7. The lowest BCUT2D eigenvalue weighted by molar-refractivity contribution is 0.170. The normalized spacial score (nSPS) is 11.7. The Hall–Kier alpha value is -2.67. The van der Waals surface area contributed by atoms with Crippen molar-refractivity contribution in [3.63, 3.8) is 0 Å². The number of aliphatic hydroxyl groups excluding tert-OH is 1. The van der Waals surface area contributed by atoms with Gasteiger partial charge in [0.2, 0.25) is 0 Å². The molecule has 0 bridgehead atoms. The van der Waals surface area contributed by atoms with Crippen molar-refractivity contribution in [2.24, 2.45) is 0 Å². The van der Waals surface area contributed by atoms with E-state index >= 15 is 0 Å². The fourth-order valence-corrected chi connectivity index (χ4v) is 2.07. The van der Waals surface area contributed by atoms with Crippen molar-refractivity contribution in [1.29, 1.82) is 0 Å². The van der Waals surface area contributed by atoms with Crippen molar-refractivity contribution in [2.45, 2.75) is 13.0 Å². The molecule has 7 heteroatoms. The molecule has 2 aromatic carbocycles. The lowest BCUT2D eigenvalue weighted by atomic mass is 10.1. The van der Waals surface area contributed by atoms with Crippen LogP contribution in [-0.2, 0) is 0 Å². The zero-order chi connectivity index (χ0) is 17.5. The molecule has 0 saturated carbocycles. The zero-order valence-corrected chi connectivity index (χ0v) is 13.1. The minimum atomic E-state index is -1.19. The fraction of sp³-hybridized carbons (Fsp3) is 0.235. The second-order valence-electron chi connectivity index (χ2n) is 4.95. The summed E-state index contributed by atoms with van der Waals surface area (Å²) >= 11 is 0. The van der Waals surface area contributed by atoms with Gasteiger partial charge in [-0.25, -0.2) is 13.6 Å². The third kappa shape index (κ3) is 4.66. The summed E-state index contributed by atoms with van der Waals surface area (Å²) < 4.78 is 32.3. The summed E-state index contributed by atoms with van der Waals surface area (Å²) in [5.74, 6) is -1.06. The van der Waals surface area contributed by atoms with E-state index in [4.69, 9.17) is 4.74 Å². The molecular weight excluding hydrogens is 318 g/mol. The average Bonchev–Trinajstić information content (AvgIpc) is 2.56. The maximum Gasteiger partial charge on any atom is 0.319 e. The fourth-order valence-electron chi connectivity index (χ4n) is 2.07. The first-order valence-corrected chi connectivity index (χ1v) is 7.41. The van der Waals surface area contributed by atoms with Gasteiger partial charge in [-0.15, -0.1) is 0 Å². The number of carbonyl (C=O) groups is 1. The topological polar surface area (TPSA) is 70.6 Å². The molecule has 24 heavy (non-hydrogen) atoms. The molecule has 2 rings (SSSR count). The molecule has 0 aliphatic carbocycles. The molecule has 0 aromatic heterocycles. The molecule has 0 spiro atoms. The van der Waals surface area contributed by atoms with E-state index in [0.29, 0.717) is 6.61 Å². The van der Waals surface area contributed by atoms with Crippen LogP contribution in [0, 0.1) is 11.6 Å². The Balaban J connectivity index is 1.89. The number of amides is 2. The summed E-state index contributed by atoms with van der Waals surface area (Å²) in [7, 11) is 0. The van der Waals surface area contributed by atoms with E-state index in [1.54, 1.807) is 13.0 Å². The summed E-state index contributed by atoms with van der Waals surface area (Å²) in [4.78, 5) is 11.8. The van der Waals surface area contributed by atoms with Crippen molar-refractivity contribution >= 4 is 11.7 Å². The molecule has 2 aromatic rings. The lowest BCUT2D eigenvalue weighted by Gasteiger charge is -2.14. The number of anilines is 1. The molecular formula is C17H18F2N2O3. The van der Waals surface area contributed by atoms with Gasteiger partial charge in [-0.1, -0.05) is 18.2 Å². The van der Waals surface area contributed by atoms with E-state index in [1.807, 2.05) is 0 Å². The second kappa shape index (κ2) is 8.26. The Labute approximate surface area is 138 Å². The quantitative estimate of drug-likeness (QED) is 0.758. The van der Waals surface area contributed by atoms with Crippen LogP contribution in [0.1, 0.15) is 18.6 Å². The number of hydrogen-bond acceptors (Lipinski definition) is 3. The highest BCUT2D eigenvalue weighted by Crippen LogP contribution is 2.21. The zero-order valence-electron chi connectivity index (χ0n) is 13.1. The third-order valence-electron chi connectivity index (χ3n) is 3.21. The number of ether oxygens (including phenoxy) is 1. The predicted octanol–water partition coefficient (Wildman–Crippen LogP) is 3.22. The van der Waals surface area contributed by atoms with Gasteiger partial charge in [0.25, 0.3) is 0 Å². The Morgan fingerprint density at radius 1 is 1.21 bits per heavy atom. The van der Waals surface area contributed by atoms with Crippen molar-refractivity contribution in [2.75, 3.05) is 18.5 Å². The third-order valence-corrected chi connectivity index (χ3v) is 3.21. The first-order chi connectivity index (χ1) is 11.5. The number of nitrogens with one attached hydrogen (secondary N) is 2. The van der Waals surface area contributed by atoms with E-state index in [9.17, 15) is 18.7 Å². The van der Waals surface area contributed by atoms with Gasteiger partial charge in [0.1, 0.15) is 5.82 Å². The highest BCUT2D eigenvalue weighted by Gasteiger charge is 2.13. The summed E-state index contributed by atoms with van der Waals surface area (Å²) in [5, 5.41) is 14.7. The van der Waals surface area contributed by atoms with Crippen LogP contribution in [0.2, 0.25) is 0 Å². The monoisotopic (exact) mass is 336 g/mol. The van der Waals surface area contributed by atoms with Crippen molar-refractivity contribution in [3.8, 4) is 5.75 Å². The Bertz CT molecular complexity index is 710. The standard InChI is InChI=1S/C17H18F2N2O3/c1-2-24-16-8-7-11(9-14(16)19)21-17(23)20-10-15(22)12-5-3-4-6-13(12)18/h3-9,15,22H,2,10H2,1H3,(H2,20,21,23). The Morgan fingerprint density at radius 2 is 1.96 bits per heavy atom. The molecule has 0 radical (unpaired) electrons. The van der Waals surface area contributed by atoms with Gasteiger partial charge < -0.3 is 20.5 Å². The van der Waals surface area contributed by atoms with Gasteiger partial charge in [0.05, 0.1) is 12.7 Å². The molecule has 0 aliphatic rings. The van der Waals surface area contributed by atoms with Crippen LogP contribution in [0.3, 0.4) is 0 Å². The SMILES string of the molecule is CCOc1ccc(NC(=O)NCC(O)c2ccccc2F)cc1F. The molecule has 1 unspecified atom stereocenters. The average molecular weight is 336 g/mol. The predicted molar refractivity (Wildman–Crippen MR) is 86.0 cm³/mol. The number of carbonyl (C=O) groups excluding carboxylic acids is 1. The highest BCUT2D eigenvalue weighted by molar-refractivity contribution is 5.89. The molecule has 5 nitrogen and oxygen atoms in total. The molecule has 0 aliphatic heterocycles. The summed E-state index contributed by atoms with van der Waals surface area (Å²) in [6.07, 6.45) is -1.19. The van der Waals surface area contributed by atoms with Crippen LogP contribution in [0.5, 0.6) is 5.75 Å². The van der Waals surface area contributed by atoms with Gasteiger partial charge in [-0.05, 0) is 25.1 Å². The van der Waals surface area contributed by atoms with Crippen molar-refractivity contribution < 1.29 is 23.4 Å². The van der Waals surface area contributed by atoms with Gasteiger partial charge in [0, 0.05) is 23.9 Å². The highest BCUT2D eigenvalue weighted by atomic mass is 19.1. The molecule has 0 heterocycles.